The number of hydrogen-bond donors (Lipinski definition) is 0. The first kappa shape index (κ1) is 36.8. The second-order valence-electron chi connectivity index (χ2n) is 12.8. The summed E-state index contributed by atoms with van der Waals surface area (Å²) >= 11 is 6.85. The van der Waals surface area contributed by atoms with Crippen LogP contribution in [0.4, 0.5) is 0 Å². The highest BCUT2D eigenvalue weighted by molar-refractivity contribution is 6.31. The van der Waals surface area contributed by atoms with Crippen LogP contribution in [-0.4, -0.2) is 37.6 Å². The number of rotatable bonds is 15. The first-order chi connectivity index (χ1) is 24.8. The van der Waals surface area contributed by atoms with Gasteiger partial charge < -0.3 is 28.4 Å². The first-order valence-electron chi connectivity index (χ1n) is 17.2. The van der Waals surface area contributed by atoms with Crippen LogP contribution in [0.15, 0.2) is 133 Å². The summed E-state index contributed by atoms with van der Waals surface area (Å²) in [6, 6.07) is 43.8. The fourth-order valence-corrected chi connectivity index (χ4v) is 6.71. The highest BCUT2D eigenvalue weighted by Gasteiger charge is 2.61. The number of halogens is 1. The molecule has 0 aromatic heterocycles. The Morgan fingerprint density at radius 2 is 1.18 bits per heavy atom. The van der Waals surface area contributed by atoms with Gasteiger partial charge in [0, 0.05) is 17.7 Å². The molecule has 2 radical (unpaired) electrons. The van der Waals surface area contributed by atoms with Crippen molar-refractivity contribution in [3.8, 4) is 5.75 Å². The second-order valence-corrected chi connectivity index (χ2v) is 13.2. The molecule has 6 nitrogen and oxygen atoms in total. The molecule has 0 spiro atoms. The molecule has 7 heteroatoms. The van der Waals surface area contributed by atoms with Gasteiger partial charge in [0.2, 0.25) is 5.79 Å². The summed E-state index contributed by atoms with van der Waals surface area (Å²) in [7, 11) is 1.61. The average molecular weight is 705 g/mol. The lowest BCUT2D eigenvalue weighted by atomic mass is 9.81. The molecule has 0 saturated carbocycles. The molecule has 0 aliphatic carbocycles. The van der Waals surface area contributed by atoms with Crippen molar-refractivity contribution in [1.82, 2.24) is 0 Å². The van der Waals surface area contributed by atoms with E-state index >= 15 is 0 Å². The molecule has 1 heterocycles. The Hall–Kier alpha value is -4.01. The van der Waals surface area contributed by atoms with Crippen LogP contribution in [0.3, 0.4) is 0 Å². The summed E-state index contributed by atoms with van der Waals surface area (Å²) in [5.41, 5.74) is 4.26. The van der Waals surface area contributed by atoms with Gasteiger partial charge in [-0.3, -0.25) is 0 Å². The van der Waals surface area contributed by atoms with Crippen LogP contribution in [0.1, 0.15) is 40.3 Å². The second kappa shape index (κ2) is 17.0. The standard InChI is InChI=1S/C44H45ClO6/c1-5-47-38-24-21-32(22-25-38)27-36-28-37(23-26-39(36)45)44(46-4)42(50-31-35-19-13-8-14-20-35)40(48-29-33-15-9-6-10-16-33)41(43(2,3)51-44)49-30-34-17-11-7-12-18-34/h6-26,28,40-42H,2-3,5,27,29-31H2,1,4H3/t40-,41-,42+,44-/m0/s1. The lowest BCUT2D eigenvalue weighted by Gasteiger charge is -2.55. The van der Waals surface area contributed by atoms with Crippen molar-refractivity contribution in [3.63, 3.8) is 0 Å². The molecule has 51 heavy (non-hydrogen) atoms. The maximum absolute atomic E-state index is 6.93. The summed E-state index contributed by atoms with van der Waals surface area (Å²) in [5.74, 6) is -0.689. The Labute approximate surface area is 307 Å². The Balaban J connectivity index is 1.41. The van der Waals surface area contributed by atoms with Crippen molar-refractivity contribution in [2.45, 2.75) is 62.9 Å². The van der Waals surface area contributed by atoms with Crippen molar-refractivity contribution < 1.29 is 28.4 Å². The molecule has 0 N–H and O–H groups in total. The maximum atomic E-state index is 6.93. The van der Waals surface area contributed by atoms with E-state index in [-0.39, 0.29) is 6.61 Å². The zero-order valence-corrected chi connectivity index (χ0v) is 30.0. The molecule has 0 unspecified atom stereocenters. The molecule has 4 atom stereocenters. The van der Waals surface area contributed by atoms with Crippen molar-refractivity contribution >= 4 is 11.6 Å². The smallest absolute Gasteiger partial charge is 0.225 e. The van der Waals surface area contributed by atoms with Crippen LogP contribution in [0, 0.1) is 13.8 Å². The average Bonchev–Trinajstić information content (AvgIpc) is 3.15. The molecule has 1 aliphatic heterocycles. The highest BCUT2D eigenvalue weighted by atomic mass is 35.5. The van der Waals surface area contributed by atoms with Crippen molar-refractivity contribution in [3.05, 3.63) is 186 Å². The van der Waals surface area contributed by atoms with Crippen LogP contribution in [0.2, 0.25) is 5.02 Å². The van der Waals surface area contributed by atoms with E-state index in [9.17, 15) is 0 Å². The van der Waals surface area contributed by atoms with E-state index in [2.05, 4.69) is 13.8 Å². The van der Waals surface area contributed by atoms with Gasteiger partial charge in [-0.05, 0) is 79.3 Å². The third-order valence-electron chi connectivity index (χ3n) is 9.06. The minimum absolute atomic E-state index is 0.268. The van der Waals surface area contributed by atoms with Gasteiger partial charge in [0.05, 0.1) is 26.4 Å². The lowest BCUT2D eigenvalue weighted by molar-refractivity contribution is -0.392. The largest absolute Gasteiger partial charge is 0.494 e. The summed E-state index contributed by atoms with van der Waals surface area (Å²) in [6.07, 6.45) is -1.73. The predicted octanol–water partition coefficient (Wildman–Crippen LogP) is 9.32. The zero-order valence-electron chi connectivity index (χ0n) is 29.2. The molecule has 6 rings (SSSR count). The Morgan fingerprint density at radius 1 is 0.647 bits per heavy atom. The number of hydrogen-bond acceptors (Lipinski definition) is 6. The van der Waals surface area contributed by atoms with Crippen LogP contribution < -0.4 is 4.74 Å². The molecular formula is C44H45ClO6. The van der Waals surface area contributed by atoms with Gasteiger partial charge in [-0.15, -0.1) is 0 Å². The summed E-state index contributed by atoms with van der Waals surface area (Å²) in [5, 5.41) is 0.618. The number of ether oxygens (including phenoxy) is 6. The van der Waals surface area contributed by atoms with Gasteiger partial charge in [-0.2, -0.15) is 0 Å². The van der Waals surface area contributed by atoms with Gasteiger partial charge in [-0.25, -0.2) is 0 Å². The van der Waals surface area contributed by atoms with Gasteiger partial charge in [0.15, 0.2) is 0 Å². The summed E-state index contributed by atoms with van der Waals surface area (Å²) in [4.78, 5) is 0. The molecule has 1 saturated heterocycles. The van der Waals surface area contributed by atoms with Crippen molar-refractivity contribution in [2.24, 2.45) is 0 Å². The highest BCUT2D eigenvalue weighted by Crippen LogP contribution is 2.48. The molecule has 5 aromatic rings. The van der Waals surface area contributed by atoms with Gasteiger partial charge in [-0.1, -0.05) is 121 Å². The van der Waals surface area contributed by atoms with Crippen LogP contribution in [0.5, 0.6) is 5.75 Å². The molecule has 5 aromatic carbocycles. The fraction of sp³-hybridized carbons (Fsp3) is 0.273. The Bertz CT molecular complexity index is 1800. The topological polar surface area (TPSA) is 55.4 Å². The van der Waals surface area contributed by atoms with E-state index in [1.54, 1.807) is 7.11 Å². The van der Waals surface area contributed by atoms with E-state index in [1.807, 2.05) is 140 Å². The predicted molar refractivity (Wildman–Crippen MR) is 200 cm³/mol. The van der Waals surface area contributed by atoms with E-state index < -0.39 is 29.7 Å². The normalized spacial score (nSPS) is 21.3. The third-order valence-corrected chi connectivity index (χ3v) is 9.42. The van der Waals surface area contributed by atoms with Crippen molar-refractivity contribution in [2.75, 3.05) is 13.7 Å². The maximum Gasteiger partial charge on any atom is 0.225 e. The SMILES string of the molecule is [CH2]C1([CH2])O[C@@](OC)(c2ccc(Cl)c(Cc3ccc(OCC)cc3)c2)[C@H](OCc2ccccc2)[C@@H](OCc2ccccc2)[C@@H]1OCc1ccccc1. The first-order valence-corrected chi connectivity index (χ1v) is 17.6. The van der Waals surface area contributed by atoms with E-state index in [0.29, 0.717) is 36.8 Å². The molecule has 0 bridgehead atoms. The van der Waals surface area contributed by atoms with E-state index in [1.165, 1.54) is 0 Å². The van der Waals surface area contributed by atoms with Crippen LogP contribution in [-0.2, 0) is 55.7 Å². The van der Waals surface area contributed by atoms with Gasteiger partial charge in [0.1, 0.15) is 29.7 Å². The molecule has 264 valence electrons. The zero-order chi connectivity index (χ0) is 35.7. The van der Waals surface area contributed by atoms with Gasteiger partial charge in [0.25, 0.3) is 0 Å². The van der Waals surface area contributed by atoms with Crippen LogP contribution >= 0.6 is 11.6 Å². The summed E-state index contributed by atoms with van der Waals surface area (Å²) < 4.78 is 39.4. The Kier molecular flexibility index (Phi) is 12.3. The van der Waals surface area contributed by atoms with Gasteiger partial charge >= 0.3 is 0 Å². The lowest BCUT2D eigenvalue weighted by Crippen LogP contribution is -2.69. The minimum Gasteiger partial charge on any atom is -0.494 e. The summed E-state index contributed by atoms with van der Waals surface area (Å²) in [6.45, 7) is 12.4. The minimum atomic E-state index is -1.51. The third kappa shape index (κ3) is 8.90. The molecule has 1 aliphatic rings. The molecule has 1 fully saturated rings. The number of methoxy groups -OCH3 is 1. The monoisotopic (exact) mass is 704 g/mol. The Morgan fingerprint density at radius 3 is 1.71 bits per heavy atom. The fourth-order valence-electron chi connectivity index (χ4n) is 6.52. The molecule has 0 amide bonds. The number of benzene rings is 5. The van der Waals surface area contributed by atoms with E-state index in [4.69, 9.17) is 40.0 Å². The van der Waals surface area contributed by atoms with Crippen LogP contribution in [0.25, 0.3) is 0 Å². The molecular weight excluding hydrogens is 660 g/mol. The quantitative estimate of drug-likeness (QED) is 0.108. The van der Waals surface area contributed by atoms with E-state index in [0.717, 1.165) is 33.6 Å². The van der Waals surface area contributed by atoms with Crippen molar-refractivity contribution in [1.29, 1.82) is 0 Å².